The summed E-state index contributed by atoms with van der Waals surface area (Å²) in [4.78, 5) is 0.137. The molecule has 148 valence electrons. The maximum absolute atomic E-state index is 13.2. The lowest BCUT2D eigenvalue weighted by Crippen LogP contribution is -2.31. The fraction of sp³-hybridized carbons (Fsp3) is 0.111. The van der Waals surface area contributed by atoms with Gasteiger partial charge in [-0.2, -0.15) is 0 Å². The predicted octanol–water partition coefficient (Wildman–Crippen LogP) is 3.52. The summed E-state index contributed by atoms with van der Waals surface area (Å²) in [6.45, 7) is -0.431. The maximum atomic E-state index is 13.2. The Bertz CT molecular complexity index is 1140. The number of sulfonamides is 1. The Kier molecular flexibility index (Phi) is 5.94. The third-order valence-corrected chi connectivity index (χ3v) is 8.63. The minimum atomic E-state index is -4.05. The Balaban J connectivity index is 1.91. The maximum Gasteiger partial charge on any atom is 0.240 e. The summed E-state index contributed by atoms with van der Waals surface area (Å²) in [6.07, 6.45) is 0. The number of hydrogen-bond donors (Lipinski definition) is 1. The lowest BCUT2D eigenvalue weighted by Gasteiger charge is -2.17. The summed E-state index contributed by atoms with van der Waals surface area (Å²) < 4.78 is 79.4. The number of sulfone groups is 1. The molecule has 0 amide bonds. The number of hydrogen-bond acceptors (Lipinski definition) is 5. The number of halogens is 2. The molecule has 3 rings (SSSR count). The fourth-order valence-corrected chi connectivity index (χ4v) is 6.45. The van der Waals surface area contributed by atoms with Crippen molar-refractivity contribution in [3.8, 4) is 0 Å². The van der Waals surface area contributed by atoms with E-state index in [1.165, 1.54) is 11.3 Å². The number of rotatable bonds is 7. The molecule has 1 aromatic heterocycles. The number of benzene rings is 2. The topological polar surface area (TPSA) is 80.3 Å². The molecule has 0 aliphatic rings. The Morgan fingerprint density at radius 3 is 1.86 bits per heavy atom. The van der Waals surface area contributed by atoms with E-state index < -0.39 is 43.3 Å². The van der Waals surface area contributed by atoms with Crippen molar-refractivity contribution < 1.29 is 25.6 Å². The Morgan fingerprint density at radius 2 is 1.36 bits per heavy atom. The van der Waals surface area contributed by atoms with Crippen LogP contribution in [0.2, 0.25) is 0 Å². The van der Waals surface area contributed by atoms with E-state index in [4.69, 9.17) is 0 Å². The van der Waals surface area contributed by atoms with Crippen molar-refractivity contribution in [2.45, 2.75) is 15.0 Å². The van der Waals surface area contributed by atoms with E-state index in [2.05, 4.69) is 4.72 Å². The van der Waals surface area contributed by atoms with Crippen LogP contribution in [-0.4, -0.2) is 23.4 Å². The first kappa shape index (κ1) is 20.6. The molecule has 10 heteroatoms. The molecule has 1 heterocycles. The average molecular weight is 444 g/mol. The van der Waals surface area contributed by atoms with Gasteiger partial charge in [0, 0.05) is 11.4 Å². The standard InChI is InChI=1S/C18H15F2NO4S3/c19-13-3-7-15(8-4-13)27(22,23)18(17-2-1-11-26-17)12-21-28(24,25)16-9-5-14(20)6-10-16/h1-11,18,21H,12H2/t18-/m1/s1. The van der Waals surface area contributed by atoms with E-state index in [1.807, 2.05) is 0 Å². The van der Waals surface area contributed by atoms with Gasteiger partial charge in [0.2, 0.25) is 10.0 Å². The molecule has 0 aliphatic carbocycles. The van der Waals surface area contributed by atoms with Crippen LogP contribution in [0.1, 0.15) is 10.1 Å². The highest BCUT2D eigenvalue weighted by molar-refractivity contribution is 7.92. The highest BCUT2D eigenvalue weighted by Crippen LogP contribution is 2.31. The van der Waals surface area contributed by atoms with E-state index in [9.17, 15) is 25.6 Å². The van der Waals surface area contributed by atoms with Gasteiger partial charge in [0.05, 0.1) is 9.79 Å². The van der Waals surface area contributed by atoms with Crippen LogP contribution < -0.4 is 4.72 Å². The van der Waals surface area contributed by atoms with Crippen molar-refractivity contribution in [2.75, 3.05) is 6.54 Å². The largest absolute Gasteiger partial charge is 0.240 e. The van der Waals surface area contributed by atoms with E-state index in [0.29, 0.717) is 4.88 Å². The van der Waals surface area contributed by atoms with Gasteiger partial charge in [0.15, 0.2) is 9.84 Å². The molecule has 0 saturated heterocycles. The van der Waals surface area contributed by atoms with Gasteiger partial charge in [-0.05, 0) is 60.0 Å². The average Bonchev–Trinajstić information content (AvgIpc) is 3.16. The van der Waals surface area contributed by atoms with E-state index >= 15 is 0 Å². The molecule has 0 saturated carbocycles. The molecule has 28 heavy (non-hydrogen) atoms. The summed E-state index contributed by atoms with van der Waals surface area (Å²) in [6, 6.07) is 11.8. The molecular formula is C18H15F2NO4S3. The van der Waals surface area contributed by atoms with Crippen LogP contribution in [0, 0.1) is 11.6 Å². The predicted molar refractivity (Wildman–Crippen MR) is 102 cm³/mol. The summed E-state index contributed by atoms with van der Waals surface area (Å²) >= 11 is 1.17. The minimum Gasteiger partial charge on any atom is -0.223 e. The van der Waals surface area contributed by atoms with Gasteiger partial charge in [0.25, 0.3) is 0 Å². The van der Waals surface area contributed by atoms with Crippen LogP contribution in [-0.2, 0) is 19.9 Å². The summed E-state index contributed by atoms with van der Waals surface area (Å²) in [5.74, 6) is -1.17. The van der Waals surface area contributed by atoms with E-state index in [1.54, 1.807) is 17.5 Å². The summed E-state index contributed by atoms with van der Waals surface area (Å²) in [5, 5.41) is 0.477. The van der Waals surface area contributed by atoms with E-state index in [0.717, 1.165) is 48.5 Å². The molecule has 0 aliphatic heterocycles. The van der Waals surface area contributed by atoms with Gasteiger partial charge in [-0.25, -0.2) is 30.3 Å². The Labute approximate surface area is 165 Å². The van der Waals surface area contributed by atoms with Crippen molar-refractivity contribution >= 4 is 31.2 Å². The zero-order chi connectivity index (χ0) is 20.4. The van der Waals surface area contributed by atoms with Gasteiger partial charge in [0.1, 0.15) is 16.9 Å². The summed E-state index contributed by atoms with van der Waals surface area (Å²) in [7, 11) is -8.04. The first-order valence-corrected chi connectivity index (χ1v) is 11.9. The van der Waals surface area contributed by atoms with Crippen molar-refractivity contribution in [3.05, 3.63) is 82.6 Å². The zero-order valence-electron chi connectivity index (χ0n) is 14.2. The van der Waals surface area contributed by atoms with E-state index in [-0.39, 0.29) is 9.79 Å². The van der Waals surface area contributed by atoms with Crippen LogP contribution in [0.3, 0.4) is 0 Å². The second-order valence-electron chi connectivity index (χ2n) is 5.81. The number of thiophene rings is 1. The molecule has 0 spiro atoms. The highest BCUT2D eigenvalue weighted by atomic mass is 32.2. The van der Waals surface area contributed by atoms with Crippen LogP contribution in [0.4, 0.5) is 8.78 Å². The molecule has 1 atom stereocenters. The van der Waals surface area contributed by atoms with Gasteiger partial charge >= 0.3 is 0 Å². The molecular weight excluding hydrogens is 428 g/mol. The third-order valence-electron chi connectivity index (χ3n) is 3.96. The van der Waals surface area contributed by atoms with Crippen LogP contribution in [0.5, 0.6) is 0 Å². The van der Waals surface area contributed by atoms with Crippen molar-refractivity contribution in [2.24, 2.45) is 0 Å². The normalized spacial score (nSPS) is 13.4. The molecule has 2 aromatic carbocycles. The van der Waals surface area contributed by atoms with Crippen molar-refractivity contribution in [3.63, 3.8) is 0 Å². The van der Waals surface area contributed by atoms with Gasteiger partial charge in [-0.15, -0.1) is 11.3 Å². The van der Waals surface area contributed by atoms with Crippen LogP contribution in [0.25, 0.3) is 0 Å². The molecule has 0 bridgehead atoms. The highest BCUT2D eigenvalue weighted by Gasteiger charge is 2.31. The lowest BCUT2D eigenvalue weighted by atomic mass is 10.3. The first-order valence-electron chi connectivity index (χ1n) is 7.98. The SMILES string of the molecule is O=S(=O)(NC[C@H](c1cccs1)S(=O)(=O)c1ccc(F)cc1)c1ccc(F)cc1. The van der Waals surface area contributed by atoms with Crippen LogP contribution >= 0.6 is 11.3 Å². The first-order chi connectivity index (χ1) is 13.2. The quantitative estimate of drug-likeness (QED) is 0.567. The van der Waals surface area contributed by atoms with Gasteiger partial charge < -0.3 is 0 Å². The second-order valence-corrected chi connectivity index (χ2v) is 10.7. The molecule has 3 aromatic rings. The Morgan fingerprint density at radius 1 is 0.821 bits per heavy atom. The second kappa shape index (κ2) is 8.08. The smallest absolute Gasteiger partial charge is 0.223 e. The number of nitrogens with one attached hydrogen (secondary N) is 1. The molecule has 1 N–H and O–H groups in total. The molecule has 5 nitrogen and oxygen atoms in total. The van der Waals surface area contributed by atoms with Crippen molar-refractivity contribution in [1.82, 2.24) is 4.72 Å². The molecule has 0 unspecified atom stereocenters. The van der Waals surface area contributed by atoms with Gasteiger partial charge in [-0.1, -0.05) is 6.07 Å². The van der Waals surface area contributed by atoms with Crippen LogP contribution in [0.15, 0.2) is 75.8 Å². The Hall–Kier alpha value is -2.14. The minimum absolute atomic E-state index is 0.117. The molecule has 0 fully saturated rings. The molecule has 0 radical (unpaired) electrons. The summed E-state index contributed by atoms with van der Waals surface area (Å²) in [5.41, 5.74) is 0. The zero-order valence-corrected chi connectivity index (χ0v) is 16.7. The van der Waals surface area contributed by atoms with Gasteiger partial charge in [-0.3, -0.25) is 0 Å². The lowest BCUT2D eigenvalue weighted by molar-refractivity contribution is 0.569. The fourth-order valence-electron chi connectivity index (χ4n) is 2.51. The third kappa shape index (κ3) is 4.46. The van der Waals surface area contributed by atoms with Crippen molar-refractivity contribution in [1.29, 1.82) is 0 Å². The monoisotopic (exact) mass is 443 g/mol.